The Labute approximate surface area is 112 Å². The Morgan fingerprint density at radius 2 is 2.33 bits per heavy atom. The van der Waals surface area contributed by atoms with Gasteiger partial charge in [0, 0.05) is 25.3 Å². The Morgan fingerprint density at radius 1 is 1.44 bits per heavy atom. The van der Waals surface area contributed by atoms with Crippen LogP contribution in [0, 0.1) is 5.92 Å². The summed E-state index contributed by atoms with van der Waals surface area (Å²) in [4.78, 5) is 10.3. The van der Waals surface area contributed by atoms with E-state index in [0.29, 0.717) is 0 Å². The van der Waals surface area contributed by atoms with Gasteiger partial charge in [-0.15, -0.1) is 0 Å². The molecule has 0 aliphatic carbocycles. The fraction of sp³-hybridized carbons (Fsp3) is 0.769. The van der Waals surface area contributed by atoms with Gasteiger partial charge in [-0.3, -0.25) is 0 Å². The minimum Gasteiger partial charge on any atom is -0.391 e. The van der Waals surface area contributed by atoms with E-state index in [2.05, 4.69) is 21.8 Å². The number of hydrogen-bond donors (Lipinski definition) is 1. The molecule has 4 nitrogen and oxygen atoms in total. The van der Waals surface area contributed by atoms with E-state index in [0.717, 1.165) is 35.1 Å². The van der Waals surface area contributed by atoms with Crippen molar-refractivity contribution in [1.82, 2.24) is 9.88 Å². The van der Waals surface area contributed by atoms with Crippen molar-refractivity contribution in [3.8, 4) is 0 Å². The van der Waals surface area contributed by atoms with Gasteiger partial charge >= 0.3 is 0 Å². The van der Waals surface area contributed by atoms with Gasteiger partial charge in [0.15, 0.2) is 5.13 Å². The lowest BCUT2D eigenvalue weighted by Gasteiger charge is -2.45. The molecule has 100 valence electrons. The monoisotopic (exact) mass is 267 g/mol. The number of aliphatic hydroxyl groups is 1. The number of piperidine rings is 2. The molecule has 2 aliphatic heterocycles. The second kappa shape index (κ2) is 5.15. The SMILES string of the molecule is CN1CCCC2CN(c3ncc(CO)s3)CCC21. The third kappa shape index (κ3) is 2.27. The lowest BCUT2D eigenvalue weighted by Crippen LogP contribution is -2.52. The number of anilines is 1. The van der Waals surface area contributed by atoms with Crippen LogP contribution in [0.3, 0.4) is 0 Å². The van der Waals surface area contributed by atoms with Gasteiger partial charge in [-0.2, -0.15) is 0 Å². The Kier molecular flexibility index (Phi) is 3.54. The highest BCUT2D eigenvalue weighted by Gasteiger charge is 2.34. The molecule has 2 fully saturated rings. The quantitative estimate of drug-likeness (QED) is 0.882. The number of nitrogens with zero attached hydrogens (tertiary/aromatic N) is 3. The molecule has 1 aromatic heterocycles. The molecule has 1 N–H and O–H groups in total. The number of thiazole rings is 1. The molecule has 0 aromatic carbocycles. The topological polar surface area (TPSA) is 39.6 Å². The number of aliphatic hydroxyl groups excluding tert-OH is 1. The summed E-state index contributed by atoms with van der Waals surface area (Å²) in [6, 6.07) is 0.771. The van der Waals surface area contributed by atoms with Crippen molar-refractivity contribution in [2.24, 2.45) is 5.92 Å². The van der Waals surface area contributed by atoms with Crippen LogP contribution in [0.4, 0.5) is 5.13 Å². The van der Waals surface area contributed by atoms with E-state index in [1.807, 2.05) is 0 Å². The van der Waals surface area contributed by atoms with E-state index in [1.54, 1.807) is 17.5 Å². The van der Waals surface area contributed by atoms with Gasteiger partial charge in [-0.05, 0) is 38.8 Å². The molecule has 2 aliphatic rings. The van der Waals surface area contributed by atoms with Crippen LogP contribution in [0.1, 0.15) is 24.1 Å². The summed E-state index contributed by atoms with van der Waals surface area (Å²) in [5.41, 5.74) is 0. The molecule has 0 spiro atoms. The van der Waals surface area contributed by atoms with Gasteiger partial charge in [-0.25, -0.2) is 4.98 Å². The zero-order valence-corrected chi connectivity index (χ0v) is 11.7. The van der Waals surface area contributed by atoms with Gasteiger partial charge in [0.2, 0.25) is 0 Å². The van der Waals surface area contributed by atoms with Crippen molar-refractivity contribution in [2.75, 3.05) is 31.6 Å². The van der Waals surface area contributed by atoms with E-state index in [9.17, 15) is 0 Å². The fourth-order valence-electron chi connectivity index (χ4n) is 3.34. The molecule has 0 saturated carbocycles. The second-order valence-corrected chi connectivity index (χ2v) is 6.55. The van der Waals surface area contributed by atoms with Crippen LogP contribution in [0.2, 0.25) is 0 Å². The van der Waals surface area contributed by atoms with Crippen molar-refractivity contribution in [3.05, 3.63) is 11.1 Å². The molecule has 5 heteroatoms. The first-order valence-corrected chi connectivity index (χ1v) is 7.60. The summed E-state index contributed by atoms with van der Waals surface area (Å²) >= 11 is 1.63. The maximum Gasteiger partial charge on any atom is 0.185 e. The summed E-state index contributed by atoms with van der Waals surface area (Å²) in [7, 11) is 2.26. The van der Waals surface area contributed by atoms with Crippen LogP contribution in [0.25, 0.3) is 0 Å². The van der Waals surface area contributed by atoms with Gasteiger partial charge in [0.1, 0.15) is 0 Å². The molecule has 2 unspecified atom stereocenters. The van der Waals surface area contributed by atoms with E-state index in [4.69, 9.17) is 5.11 Å². The molecule has 3 heterocycles. The maximum absolute atomic E-state index is 9.12. The zero-order valence-electron chi connectivity index (χ0n) is 10.9. The first kappa shape index (κ1) is 12.4. The van der Waals surface area contributed by atoms with Crippen molar-refractivity contribution in [1.29, 1.82) is 0 Å². The summed E-state index contributed by atoms with van der Waals surface area (Å²) in [6.45, 7) is 3.60. The lowest BCUT2D eigenvalue weighted by molar-refractivity contribution is 0.102. The Hall–Kier alpha value is -0.650. The second-order valence-electron chi connectivity index (χ2n) is 5.45. The van der Waals surface area contributed by atoms with Crippen LogP contribution in [-0.2, 0) is 6.61 Å². The van der Waals surface area contributed by atoms with Gasteiger partial charge in [0.05, 0.1) is 11.5 Å². The predicted molar refractivity (Wildman–Crippen MR) is 74.0 cm³/mol. The summed E-state index contributed by atoms with van der Waals surface area (Å²) in [5.74, 6) is 0.791. The molecule has 2 atom stereocenters. The summed E-state index contributed by atoms with van der Waals surface area (Å²) in [5, 5.41) is 10.2. The van der Waals surface area contributed by atoms with Crippen LogP contribution in [0.5, 0.6) is 0 Å². The van der Waals surface area contributed by atoms with Gasteiger partial charge in [0.25, 0.3) is 0 Å². The summed E-state index contributed by atoms with van der Waals surface area (Å²) in [6.07, 6.45) is 5.73. The van der Waals surface area contributed by atoms with Crippen LogP contribution < -0.4 is 4.90 Å². The van der Waals surface area contributed by atoms with Crippen molar-refractivity contribution in [3.63, 3.8) is 0 Å². The van der Waals surface area contributed by atoms with Crippen molar-refractivity contribution < 1.29 is 5.11 Å². The molecule has 18 heavy (non-hydrogen) atoms. The smallest absolute Gasteiger partial charge is 0.185 e. The van der Waals surface area contributed by atoms with E-state index < -0.39 is 0 Å². The number of fused-ring (bicyclic) bond motifs is 1. The number of likely N-dealkylation sites (tertiary alicyclic amines) is 1. The van der Waals surface area contributed by atoms with Crippen LogP contribution in [-0.4, -0.2) is 47.7 Å². The van der Waals surface area contributed by atoms with E-state index in [-0.39, 0.29) is 6.61 Å². The van der Waals surface area contributed by atoms with Gasteiger partial charge in [-0.1, -0.05) is 11.3 Å². The molecular formula is C13H21N3OS. The standard InChI is InChI=1S/C13H21N3OS/c1-15-5-2-3-10-8-16(6-4-12(10)15)13-14-7-11(9-17)18-13/h7,10,12,17H,2-6,8-9H2,1H3. The average molecular weight is 267 g/mol. The summed E-state index contributed by atoms with van der Waals surface area (Å²) < 4.78 is 0. The molecule has 0 radical (unpaired) electrons. The molecule has 1 aromatic rings. The Morgan fingerprint density at radius 3 is 3.11 bits per heavy atom. The maximum atomic E-state index is 9.12. The van der Waals surface area contributed by atoms with Crippen LogP contribution in [0.15, 0.2) is 6.20 Å². The van der Waals surface area contributed by atoms with Gasteiger partial charge < -0.3 is 14.9 Å². The first-order valence-electron chi connectivity index (χ1n) is 6.78. The largest absolute Gasteiger partial charge is 0.391 e. The third-order valence-corrected chi connectivity index (χ3v) is 5.36. The minimum atomic E-state index is 0.111. The van der Waals surface area contributed by atoms with Crippen LogP contribution >= 0.6 is 11.3 Å². The zero-order chi connectivity index (χ0) is 12.5. The van der Waals surface area contributed by atoms with Crippen molar-refractivity contribution >= 4 is 16.5 Å². The minimum absolute atomic E-state index is 0.111. The van der Waals surface area contributed by atoms with Crippen molar-refractivity contribution in [2.45, 2.75) is 31.9 Å². The highest BCUT2D eigenvalue weighted by molar-refractivity contribution is 7.15. The highest BCUT2D eigenvalue weighted by atomic mass is 32.1. The normalized spacial score (nSPS) is 29.3. The predicted octanol–water partition coefficient (Wildman–Crippen LogP) is 1.56. The molecule has 2 saturated heterocycles. The molecule has 0 amide bonds. The average Bonchev–Trinajstić information content (AvgIpc) is 2.87. The molecule has 0 bridgehead atoms. The Bertz CT molecular complexity index is 409. The number of aromatic nitrogens is 1. The fourth-order valence-corrected chi connectivity index (χ4v) is 4.15. The Balaban J connectivity index is 1.69. The molecule has 3 rings (SSSR count). The van der Waals surface area contributed by atoms with E-state index in [1.165, 1.54) is 25.8 Å². The number of rotatable bonds is 2. The first-order chi connectivity index (χ1) is 8.78. The highest BCUT2D eigenvalue weighted by Crippen LogP contribution is 2.33. The number of hydrogen-bond acceptors (Lipinski definition) is 5. The molecular weight excluding hydrogens is 246 g/mol. The van der Waals surface area contributed by atoms with E-state index >= 15 is 0 Å². The lowest BCUT2D eigenvalue weighted by atomic mass is 9.84. The third-order valence-electron chi connectivity index (χ3n) is 4.31.